The molecule has 2 aliphatic heterocycles. The summed E-state index contributed by atoms with van der Waals surface area (Å²) in [6, 6.07) is 0. The molecule has 2 rings (SSSR count). The number of nitrogens with one attached hydrogen (secondary N) is 1. The number of piperazine rings is 1. The number of amides is 1. The summed E-state index contributed by atoms with van der Waals surface area (Å²) in [4.78, 5) is 14.2. The Kier molecular flexibility index (Phi) is 4.68. The maximum atomic E-state index is 12.4. The van der Waals surface area contributed by atoms with E-state index in [1.807, 2.05) is 0 Å². The molecule has 8 heteroatoms. The maximum Gasteiger partial charge on any atom is 0.281 e. The number of nitrogens with zero attached hydrogens (tertiary/aromatic N) is 3. The fourth-order valence-electron chi connectivity index (χ4n) is 2.75. The van der Waals surface area contributed by atoms with Gasteiger partial charge >= 0.3 is 0 Å². The lowest BCUT2D eigenvalue weighted by Crippen LogP contribution is -2.54. The van der Waals surface area contributed by atoms with Crippen LogP contribution in [0.3, 0.4) is 0 Å². The Morgan fingerprint density at radius 2 is 1.75 bits per heavy atom. The fourth-order valence-corrected chi connectivity index (χ4v) is 3.83. The van der Waals surface area contributed by atoms with E-state index in [-0.39, 0.29) is 11.8 Å². The Bertz CT molecular complexity index is 457. The maximum absolute atomic E-state index is 12.4. The molecule has 0 radical (unpaired) electrons. The van der Waals surface area contributed by atoms with Crippen molar-refractivity contribution in [2.45, 2.75) is 6.92 Å². The van der Waals surface area contributed by atoms with Gasteiger partial charge in [-0.05, 0) is 12.5 Å². The zero-order chi connectivity index (χ0) is 14.9. The third-order valence-electron chi connectivity index (χ3n) is 4.17. The normalized spacial score (nSPS) is 29.1. The Hall–Kier alpha value is -0.700. The quantitative estimate of drug-likeness (QED) is 0.710. The van der Waals surface area contributed by atoms with Crippen LogP contribution in [0.2, 0.25) is 0 Å². The Labute approximate surface area is 121 Å². The average molecular weight is 304 g/mol. The van der Waals surface area contributed by atoms with Crippen LogP contribution in [0.5, 0.6) is 0 Å². The van der Waals surface area contributed by atoms with E-state index in [1.165, 1.54) is 22.7 Å². The van der Waals surface area contributed by atoms with E-state index in [4.69, 9.17) is 0 Å². The summed E-state index contributed by atoms with van der Waals surface area (Å²) in [5.74, 6) is 0.544. The summed E-state index contributed by atoms with van der Waals surface area (Å²) in [6.07, 6.45) is 0. The molecule has 0 aromatic heterocycles. The van der Waals surface area contributed by atoms with Crippen molar-refractivity contribution in [3.63, 3.8) is 0 Å². The third-order valence-corrected chi connectivity index (χ3v) is 6.11. The number of rotatable bonds is 3. The molecule has 2 aliphatic rings. The van der Waals surface area contributed by atoms with Crippen molar-refractivity contribution in [1.82, 2.24) is 18.8 Å². The van der Waals surface area contributed by atoms with E-state index >= 15 is 0 Å². The molecule has 1 N–H and O–H groups in total. The van der Waals surface area contributed by atoms with E-state index < -0.39 is 10.2 Å². The predicted molar refractivity (Wildman–Crippen MR) is 76.3 cm³/mol. The highest BCUT2D eigenvalue weighted by atomic mass is 32.2. The van der Waals surface area contributed by atoms with Gasteiger partial charge in [0.1, 0.15) is 0 Å². The molecular weight excluding hydrogens is 280 g/mol. The number of hydrogen-bond donors (Lipinski definition) is 1. The molecule has 0 aromatic carbocycles. The van der Waals surface area contributed by atoms with Gasteiger partial charge in [0.25, 0.3) is 10.2 Å². The molecule has 0 aromatic rings. The monoisotopic (exact) mass is 304 g/mol. The lowest BCUT2D eigenvalue weighted by Gasteiger charge is -2.36. The van der Waals surface area contributed by atoms with Crippen molar-refractivity contribution in [2.75, 3.05) is 53.4 Å². The molecule has 0 saturated carbocycles. The van der Waals surface area contributed by atoms with E-state index in [0.717, 1.165) is 13.1 Å². The molecule has 0 unspecified atom stereocenters. The predicted octanol–water partition coefficient (Wildman–Crippen LogP) is -1.21. The first-order valence-electron chi connectivity index (χ1n) is 7.01. The minimum atomic E-state index is -3.36. The van der Waals surface area contributed by atoms with Crippen molar-refractivity contribution >= 4 is 16.1 Å². The SMILES string of the molecule is C[C@@H]1CNC[C@H]1C(=O)N1CCN(S(=O)(=O)N(C)C)CC1. The number of carbonyl (C=O) groups excluding carboxylic acids is 1. The largest absolute Gasteiger partial charge is 0.340 e. The lowest BCUT2D eigenvalue weighted by atomic mass is 9.96. The minimum absolute atomic E-state index is 0.0343. The topological polar surface area (TPSA) is 73.0 Å². The van der Waals surface area contributed by atoms with Crippen LogP contribution >= 0.6 is 0 Å². The van der Waals surface area contributed by atoms with Crippen molar-refractivity contribution in [3.05, 3.63) is 0 Å². The molecule has 0 spiro atoms. The van der Waals surface area contributed by atoms with Gasteiger partial charge in [-0.15, -0.1) is 0 Å². The molecule has 0 aliphatic carbocycles. The van der Waals surface area contributed by atoms with Crippen LogP contribution in [-0.2, 0) is 15.0 Å². The van der Waals surface area contributed by atoms with E-state index in [0.29, 0.717) is 32.1 Å². The van der Waals surface area contributed by atoms with E-state index in [2.05, 4.69) is 12.2 Å². The molecule has 2 heterocycles. The van der Waals surface area contributed by atoms with Crippen LogP contribution in [0.1, 0.15) is 6.92 Å². The highest BCUT2D eigenvalue weighted by Gasteiger charge is 2.36. The molecule has 7 nitrogen and oxygen atoms in total. The second-order valence-electron chi connectivity index (χ2n) is 5.76. The van der Waals surface area contributed by atoms with Gasteiger partial charge in [0, 0.05) is 46.8 Å². The van der Waals surface area contributed by atoms with Crippen LogP contribution in [0.15, 0.2) is 0 Å². The average Bonchev–Trinajstić information content (AvgIpc) is 2.84. The van der Waals surface area contributed by atoms with Crippen LogP contribution in [0, 0.1) is 11.8 Å². The highest BCUT2D eigenvalue weighted by Crippen LogP contribution is 2.20. The van der Waals surface area contributed by atoms with Gasteiger partial charge in [0.2, 0.25) is 5.91 Å². The zero-order valence-corrected chi connectivity index (χ0v) is 13.2. The van der Waals surface area contributed by atoms with Gasteiger partial charge in [0.05, 0.1) is 5.92 Å². The van der Waals surface area contributed by atoms with Gasteiger partial charge in [0.15, 0.2) is 0 Å². The van der Waals surface area contributed by atoms with Crippen molar-refractivity contribution in [2.24, 2.45) is 11.8 Å². The zero-order valence-electron chi connectivity index (χ0n) is 12.4. The summed E-state index contributed by atoms with van der Waals surface area (Å²) in [6.45, 7) is 5.41. The van der Waals surface area contributed by atoms with Crippen LogP contribution < -0.4 is 5.32 Å². The minimum Gasteiger partial charge on any atom is -0.340 e. The van der Waals surface area contributed by atoms with Crippen molar-refractivity contribution in [3.8, 4) is 0 Å². The number of carbonyl (C=O) groups is 1. The standard InChI is InChI=1S/C12H24N4O3S/c1-10-8-13-9-11(10)12(17)15-4-6-16(7-5-15)20(18,19)14(2)3/h10-11,13H,4-9H2,1-3H3/t10-,11-/m1/s1. The van der Waals surface area contributed by atoms with E-state index in [1.54, 1.807) is 4.90 Å². The van der Waals surface area contributed by atoms with Crippen LogP contribution in [-0.4, -0.2) is 81.2 Å². The molecule has 20 heavy (non-hydrogen) atoms. The van der Waals surface area contributed by atoms with Gasteiger partial charge in [-0.25, -0.2) is 0 Å². The molecule has 1 amide bonds. The van der Waals surface area contributed by atoms with Gasteiger partial charge in [-0.3, -0.25) is 4.79 Å². The summed E-state index contributed by atoms with van der Waals surface area (Å²) >= 11 is 0. The molecule has 2 fully saturated rings. The highest BCUT2D eigenvalue weighted by molar-refractivity contribution is 7.86. The molecule has 0 bridgehead atoms. The lowest BCUT2D eigenvalue weighted by molar-refractivity contribution is -0.137. The first kappa shape index (κ1) is 15.7. The summed E-state index contributed by atoms with van der Waals surface area (Å²) in [5.41, 5.74) is 0. The van der Waals surface area contributed by atoms with Gasteiger partial charge < -0.3 is 10.2 Å². The third kappa shape index (κ3) is 2.98. The summed E-state index contributed by atoms with van der Waals surface area (Å²) in [7, 11) is -0.309. The summed E-state index contributed by atoms with van der Waals surface area (Å²) < 4.78 is 26.7. The molecular formula is C12H24N4O3S. The molecule has 116 valence electrons. The van der Waals surface area contributed by atoms with Crippen molar-refractivity contribution < 1.29 is 13.2 Å². The Balaban J connectivity index is 1.93. The summed E-state index contributed by atoms with van der Waals surface area (Å²) in [5, 5.41) is 3.23. The molecule has 2 atom stereocenters. The van der Waals surface area contributed by atoms with Gasteiger partial charge in [-0.2, -0.15) is 17.0 Å². The molecule has 2 saturated heterocycles. The van der Waals surface area contributed by atoms with E-state index in [9.17, 15) is 13.2 Å². The second-order valence-corrected chi connectivity index (χ2v) is 7.90. The van der Waals surface area contributed by atoms with Crippen molar-refractivity contribution in [1.29, 1.82) is 0 Å². The first-order valence-corrected chi connectivity index (χ1v) is 8.41. The first-order chi connectivity index (χ1) is 9.34. The second kappa shape index (κ2) is 5.97. The Morgan fingerprint density at radius 3 is 2.20 bits per heavy atom. The fraction of sp³-hybridized carbons (Fsp3) is 0.917. The van der Waals surface area contributed by atoms with Crippen LogP contribution in [0.25, 0.3) is 0 Å². The van der Waals surface area contributed by atoms with Gasteiger partial charge in [-0.1, -0.05) is 6.92 Å². The smallest absolute Gasteiger partial charge is 0.281 e. The Morgan fingerprint density at radius 1 is 1.15 bits per heavy atom. The van der Waals surface area contributed by atoms with Crippen LogP contribution in [0.4, 0.5) is 0 Å². The number of hydrogen-bond acceptors (Lipinski definition) is 4.